The van der Waals surface area contributed by atoms with Crippen molar-refractivity contribution >= 4 is 5.78 Å². The Balaban J connectivity index is 2.73. The smallest absolute Gasteiger partial charge is 0.181 e. The molecule has 0 aromatic carbocycles. The second-order valence-electron chi connectivity index (χ2n) is 3.96. The third-order valence-electron chi connectivity index (χ3n) is 2.03. The first-order chi connectivity index (χ1) is 6.65. The summed E-state index contributed by atoms with van der Waals surface area (Å²) in [7, 11) is 0. The van der Waals surface area contributed by atoms with E-state index in [-0.39, 0.29) is 5.78 Å². The zero-order valence-electron chi connectivity index (χ0n) is 9.16. The van der Waals surface area contributed by atoms with Crippen LogP contribution in [0.2, 0.25) is 0 Å². The Bertz CT molecular complexity index is 302. The molecule has 1 aromatic heterocycles. The molecule has 1 aromatic rings. The van der Waals surface area contributed by atoms with Crippen molar-refractivity contribution in [3.63, 3.8) is 0 Å². The molecule has 78 valence electrons. The van der Waals surface area contributed by atoms with E-state index in [0.717, 1.165) is 18.7 Å². The fourth-order valence-electron chi connectivity index (χ4n) is 1.43. The lowest BCUT2D eigenvalue weighted by atomic mass is 10.1. The fraction of sp³-hybridized carbons (Fsp3) is 0.636. The molecule has 0 aliphatic rings. The number of ketones is 1. The average molecular weight is 194 g/mol. The summed E-state index contributed by atoms with van der Waals surface area (Å²) in [4.78, 5) is 11.8. The molecule has 0 bridgehead atoms. The molecule has 0 amide bonds. The van der Waals surface area contributed by atoms with Crippen LogP contribution in [-0.4, -0.2) is 15.6 Å². The van der Waals surface area contributed by atoms with Gasteiger partial charge in [0.15, 0.2) is 5.78 Å². The highest BCUT2D eigenvalue weighted by molar-refractivity contribution is 5.94. The Kier molecular flexibility index (Phi) is 3.86. The van der Waals surface area contributed by atoms with Crippen LogP contribution in [0.5, 0.6) is 0 Å². The molecule has 0 spiro atoms. The number of aromatic nitrogens is 2. The summed E-state index contributed by atoms with van der Waals surface area (Å²) in [5.41, 5.74) is 0.751. The summed E-state index contributed by atoms with van der Waals surface area (Å²) in [6.45, 7) is 7.02. The van der Waals surface area contributed by atoms with Crippen molar-refractivity contribution < 1.29 is 4.79 Å². The van der Waals surface area contributed by atoms with Gasteiger partial charge >= 0.3 is 0 Å². The number of rotatable bonds is 5. The second kappa shape index (κ2) is 4.94. The van der Waals surface area contributed by atoms with E-state index < -0.39 is 0 Å². The maximum Gasteiger partial charge on any atom is 0.181 e. The summed E-state index contributed by atoms with van der Waals surface area (Å²) in [6, 6.07) is 1.81. The Morgan fingerprint density at radius 1 is 1.57 bits per heavy atom. The standard InChI is InChI=1S/C11H18N2O/c1-4-7-13-10(5-6-12-13)11(14)8-9(2)3/h5-6,9H,4,7-8H2,1-3H3. The predicted octanol–water partition coefficient (Wildman–Crippen LogP) is 2.52. The van der Waals surface area contributed by atoms with Crippen LogP contribution in [0.4, 0.5) is 0 Å². The first-order valence-corrected chi connectivity index (χ1v) is 5.20. The van der Waals surface area contributed by atoms with Crippen LogP contribution in [-0.2, 0) is 6.54 Å². The summed E-state index contributed by atoms with van der Waals surface area (Å²) in [5.74, 6) is 0.610. The minimum atomic E-state index is 0.200. The lowest BCUT2D eigenvalue weighted by Crippen LogP contribution is -2.12. The van der Waals surface area contributed by atoms with E-state index in [9.17, 15) is 4.79 Å². The molecule has 3 heteroatoms. The molecular formula is C11H18N2O. The van der Waals surface area contributed by atoms with Gasteiger partial charge in [0.05, 0.1) is 0 Å². The number of carbonyl (C=O) groups is 1. The second-order valence-corrected chi connectivity index (χ2v) is 3.96. The van der Waals surface area contributed by atoms with Crippen molar-refractivity contribution in [3.05, 3.63) is 18.0 Å². The first kappa shape index (κ1) is 11.0. The maximum absolute atomic E-state index is 11.8. The number of Topliss-reactive ketones (excluding diaryl/α,β-unsaturated/α-hetero) is 1. The van der Waals surface area contributed by atoms with Crippen LogP contribution in [0.3, 0.4) is 0 Å². The van der Waals surface area contributed by atoms with Gasteiger partial charge in [0.25, 0.3) is 0 Å². The van der Waals surface area contributed by atoms with E-state index in [1.54, 1.807) is 16.9 Å². The van der Waals surface area contributed by atoms with Gasteiger partial charge in [-0.1, -0.05) is 20.8 Å². The lowest BCUT2D eigenvalue weighted by Gasteiger charge is -2.06. The molecule has 14 heavy (non-hydrogen) atoms. The first-order valence-electron chi connectivity index (χ1n) is 5.20. The third kappa shape index (κ3) is 2.69. The topological polar surface area (TPSA) is 34.9 Å². The lowest BCUT2D eigenvalue weighted by molar-refractivity contribution is 0.0957. The predicted molar refractivity (Wildman–Crippen MR) is 56.3 cm³/mol. The minimum Gasteiger partial charge on any atom is -0.292 e. The van der Waals surface area contributed by atoms with Crippen molar-refractivity contribution in [2.75, 3.05) is 0 Å². The van der Waals surface area contributed by atoms with Crippen LogP contribution in [0.15, 0.2) is 12.3 Å². The Morgan fingerprint density at radius 2 is 2.29 bits per heavy atom. The molecule has 0 fully saturated rings. The van der Waals surface area contributed by atoms with Gasteiger partial charge in [-0.15, -0.1) is 0 Å². The number of nitrogens with zero attached hydrogens (tertiary/aromatic N) is 2. The van der Waals surface area contributed by atoms with E-state index in [1.807, 2.05) is 0 Å². The summed E-state index contributed by atoms with van der Waals surface area (Å²) < 4.78 is 1.80. The van der Waals surface area contributed by atoms with Gasteiger partial charge in [-0.3, -0.25) is 9.48 Å². The number of carbonyl (C=O) groups excluding carboxylic acids is 1. The molecule has 1 heterocycles. The van der Waals surface area contributed by atoms with Crippen LogP contribution in [0.25, 0.3) is 0 Å². The van der Waals surface area contributed by atoms with E-state index >= 15 is 0 Å². The molecule has 0 aliphatic heterocycles. The normalized spacial score (nSPS) is 10.9. The summed E-state index contributed by atoms with van der Waals surface area (Å²) >= 11 is 0. The van der Waals surface area contributed by atoms with E-state index in [4.69, 9.17) is 0 Å². The van der Waals surface area contributed by atoms with Crippen LogP contribution in [0, 0.1) is 5.92 Å². The molecule has 0 N–H and O–H groups in total. The fourth-order valence-corrected chi connectivity index (χ4v) is 1.43. The third-order valence-corrected chi connectivity index (χ3v) is 2.03. The van der Waals surface area contributed by atoms with Gasteiger partial charge in [-0.05, 0) is 18.4 Å². The van der Waals surface area contributed by atoms with Crippen LogP contribution < -0.4 is 0 Å². The van der Waals surface area contributed by atoms with Crippen molar-refractivity contribution in [1.82, 2.24) is 9.78 Å². The molecule has 1 rings (SSSR count). The zero-order chi connectivity index (χ0) is 10.6. The van der Waals surface area contributed by atoms with Crippen molar-refractivity contribution in [3.8, 4) is 0 Å². The molecule has 0 radical (unpaired) electrons. The van der Waals surface area contributed by atoms with E-state index in [1.165, 1.54) is 0 Å². The van der Waals surface area contributed by atoms with Gasteiger partial charge in [0.1, 0.15) is 5.69 Å². The maximum atomic E-state index is 11.8. The average Bonchev–Trinajstić information content (AvgIpc) is 2.51. The highest BCUT2D eigenvalue weighted by atomic mass is 16.1. The molecule has 0 atom stereocenters. The number of hydrogen-bond donors (Lipinski definition) is 0. The Labute approximate surface area is 85.1 Å². The summed E-state index contributed by atoms with van der Waals surface area (Å²) in [5, 5.41) is 4.13. The highest BCUT2D eigenvalue weighted by Crippen LogP contribution is 2.09. The quantitative estimate of drug-likeness (QED) is 0.675. The van der Waals surface area contributed by atoms with Gasteiger partial charge in [0.2, 0.25) is 0 Å². The van der Waals surface area contributed by atoms with Gasteiger partial charge < -0.3 is 0 Å². The molecule has 3 nitrogen and oxygen atoms in total. The van der Waals surface area contributed by atoms with Gasteiger partial charge in [0, 0.05) is 19.2 Å². The van der Waals surface area contributed by atoms with Gasteiger partial charge in [-0.25, -0.2) is 0 Å². The van der Waals surface area contributed by atoms with Crippen molar-refractivity contribution in [1.29, 1.82) is 0 Å². The highest BCUT2D eigenvalue weighted by Gasteiger charge is 2.12. The summed E-state index contributed by atoms with van der Waals surface area (Å²) in [6.07, 6.45) is 3.31. The number of aryl methyl sites for hydroxylation is 1. The monoisotopic (exact) mass is 194 g/mol. The zero-order valence-corrected chi connectivity index (χ0v) is 9.16. The van der Waals surface area contributed by atoms with Crippen LogP contribution >= 0.6 is 0 Å². The largest absolute Gasteiger partial charge is 0.292 e. The molecule has 0 aliphatic carbocycles. The Hall–Kier alpha value is -1.12. The SMILES string of the molecule is CCCn1nccc1C(=O)CC(C)C. The van der Waals surface area contributed by atoms with Gasteiger partial charge in [-0.2, -0.15) is 5.10 Å². The number of hydrogen-bond acceptors (Lipinski definition) is 2. The minimum absolute atomic E-state index is 0.200. The van der Waals surface area contributed by atoms with Crippen molar-refractivity contribution in [2.45, 2.75) is 40.2 Å². The Morgan fingerprint density at radius 3 is 2.86 bits per heavy atom. The molecular weight excluding hydrogens is 176 g/mol. The van der Waals surface area contributed by atoms with Crippen molar-refractivity contribution in [2.24, 2.45) is 5.92 Å². The molecule has 0 saturated carbocycles. The van der Waals surface area contributed by atoms with Crippen LogP contribution in [0.1, 0.15) is 44.1 Å². The molecule has 0 unspecified atom stereocenters. The van der Waals surface area contributed by atoms with E-state index in [2.05, 4.69) is 25.9 Å². The molecule has 0 saturated heterocycles. The van der Waals surface area contributed by atoms with E-state index in [0.29, 0.717) is 12.3 Å².